The third-order valence-corrected chi connectivity index (χ3v) is 4.10. The zero-order valence-corrected chi connectivity index (χ0v) is 14.4. The van der Waals surface area contributed by atoms with Crippen molar-refractivity contribution in [3.05, 3.63) is 77.6 Å². The molecule has 27 heavy (non-hydrogen) atoms. The smallest absolute Gasteiger partial charge is 0.253 e. The number of nitrogens with one attached hydrogen (secondary N) is 1. The highest BCUT2D eigenvalue weighted by atomic mass is 19.1. The van der Waals surface area contributed by atoms with E-state index in [9.17, 15) is 9.18 Å². The minimum atomic E-state index is -0.376. The van der Waals surface area contributed by atoms with Crippen molar-refractivity contribution >= 4 is 16.8 Å². The SMILES string of the molecule is Cc1nc2ccc(F)cc2cc1C(=O)NCc1nnc(-c2ccccc2)o1. The van der Waals surface area contributed by atoms with E-state index in [2.05, 4.69) is 20.5 Å². The molecule has 0 unspecified atom stereocenters. The molecule has 0 radical (unpaired) electrons. The average molecular weight is 362 g/mol. The van der Waals surface area contributed by atoms with E-state index in [-0.39, 0.29) is 18.3 Å². The Hall–Kier alpha value is -3.61. The highest BCUT2D eigenvalue weighted by Crippen LogP contribution is 2.19. The van der Waals surface area contributed by atoms with Gasteiger partial charge >= 0.3 is 0 Å². The highest BCUT2D eigenvalue weighted by Gasteiger charge is 2.14. The van der Waals surface area contributed by atoms with Gasteiger partial charge in [0.1, 0.15) is 5.82 Å². The van der Waals surface area contributed by atoms with E-state index in [0.717, 1.165) is 5.56 Å². The second-order valence-electron chi connectivity index (χ2n) is 6.01. The molecule has 1 amide bonds. The molecule has 0 aliphatic rings. The van der Waals surface area contributed by atoms with Gasteiger partial charge in [0.25, 0.3) is 5.91 Å². The van der Waals surface area contributed by atoms with Crippen LogP contribution in [0, 0.1) is 12.7 Å². The van der Waals surface area contributed by atoms with Crippen LogP contribution in [0.15, 0.2) is 59.0 Å². The first-order valence-electron chi connectivity index (χ1n) is 8.33. The van der Waals surface area contributed by atoms with E-state index >= 15 is 0 Å². The zero-order chi connectivity index (χ0) is 18.8. The molecule has 0 aliphatic carbocycles. The van der Waals surface area contributed by atoms with Crippen LogP contribution in [0.4, 0.5) is 4.39 Å². The summed E-state index contributed by atoms with van der Waals surface area (Å²) in [4.78, 5) is 16.9. The number of hydrogen-bond acceptors (Lipinski definition) is 5. The number of fused-ring (bicyclic) bond motifs is 1. The summed E-state index contributed by atoms with van der Waals surface area (Å²) in [6.45, 7) is 1.82. The maximum Gasteiger partial charge on any atom is 0.253 e. The van der Waals surface area contributed by atoms with E-state index in [0.29, 0.717) is 33.9 Å². The van der Waals surface area contributed by atoms with Crippen LogP contribution in [0.5, 0.6) is 0 Å². The molecule has 0 saturated heterocycles. The number of amides is 1. The normalized spacial score (nSPS) is 10.9. The minimum Gasteiger partial charge on any atom is -0.419 e. The number of carbonyl (C=O) groups excluding carboxylic acids is 1. The predicted octanol–water partition coefficient (Wildman–Crippen LogP) is 3.66. The van der Waals surface area contributed by atoms with E-state index in [1.54, 1.807) is 19.1 Å². The highest BCUT2D eigenvalue weighted by molar-refractivity contribution is 5.98. The molecule has 6 nitrogen and oxygen atoms in total. The third-order valence-electron chi connectivity index (χ3n) is 4.10. The Morgan fingerprint density at radius 2 is 1.93 bits per heavy atom. The summed E-state index contributed by atoms with van der Waals surface area (Å²) in [7, 11) is 0. The number of carbonyl (C=O) groups is 1. The minimum absolute atomic E-state index is 0.0826. The van der Waals surface area contributed by atoms with Gasteiger partial charge in [-0.25, -0.2) is 4.39 Å². The number of pyridine rings is 1. The lowest BCUT2D eigenvalue weighted by molar-refractivity contribution is 0.0946. The fourth-order valence-corrected chi connectivity index (χ4v) is 2.75. The Balaban J connectivity index is 1.51. The zero-order valence-electron chi connectivity index (χ0n) is 14.4. The molecule has 2 aromatic heterocycles. The van der Waals surface area contributed by atoms with Gasteiger partial charge in [0.2, 0.25) is 11.8 Å². The fourth-order valence-electron chi connectivity index (χ4n) is 2.75. The van der Waals surface area contributed by atoms with Gasteiger partial charge < -0.3 is 9.73 Å². The van der Waals surface area contributed by atoms with Crippen LogP contribution in [0.1, 0.15) is 21.9 Å². The van der Waals surface area contributed by atoms with Crippen LogP contribution in [0.3, 0.4) is 0 Å². The van der Waals surface area contributed by atoms with Crippen molar-refractivity contribution in [3.8, 4) is 11.5 Å². The van der Waals surface area contributed by atoms with E-state index in [1.807, 2.05) is 30.3 Å². The summed E-state index contributed by atoms with van der Waals surface area (Å²) in [5, 5.41) is 11.2. The molecule has 134 valence electrons. The van der Waals surface area contributed by atoms with Crippen LogP contribution in [0.25, 0.3) is 22.4 Å². The molecule has 0 atom stereocenters. The summed E-state index contributed by atoms with van der Waals surface area (Å²) in [5.74, 6) is -0.0389. The molecule has 4 aromatic rings. The number of aryl methyl sites for hydroxylation is 1. The number of halogens is 1. The molecule has 0 aliphatic heterocycles. The number of rotatable bonds is 4. The van der Waals surface area contributed by atoms with Crippen LogP contribution < -0.4 is 5.32 Å². The van der Waals surface area contributed by atoms with Gasteiger partial charge in [-0.3, -0.25) is 9.78 Å². The fraction of sp³-hybridized carbons (Fsp3) is 0.100. The van der Waals surface area contributed by atoms with Gasteiger partial charge in [0.05, 0.1) is 23.3 Å². The van der Waals surface area contributed by atoms with Gasteiger partial charge in [-0.1, -0.05) is 18.2 Å². The van der Waals surface area contributed by atoms with Crippen molar-refractivity contribution in [3.63, 3.8) is 0 Å². The summed E-state index contributed by atoms with van der Waals surface area (Å²) in [6, 6.07) is 15.3. The molecule has 0 fully saturated rings. The van der Waals surface area contributed by atoms with Crippen molar-refractivity contribution in [2.75, 3.05) is 0 Å². The van der Waals surface area contributed by atoms with Gasteiger partial charge in [-0.2, -0.15) is 0 Å². The molecular formula is C20H15FN4O2. The van der Waals surface area contributed by atoms with E-state index < -0.39 is 0 Å². The maximum atomic E-state index is 13.4. The van der Waals surface area contributed by atoms with Crippen molar-refractivity contribution in [1.82, 2.24) is 20.5 Å². The average Bonchev–Trinajstić information content (AvgIpc) is 3.16. The Labute approximate surface area is 154 Å². The van der Waals surface area contributed by atoms with Gasteiger partial charge in [0.15, 0.2) is 0 Å². The quantitative estimate of drug-likeness (QED) is 0.599. The molecule has 4 rings (SSSR count). The topological polar surface area (TPSA) is 80.9 Å². The van der Waals surface area contributed by atoms with Crippen LogP contribution in [-0.4, -0.2) is 21.1 Å². The van der Waals surface area contributed by atoms with Gasteiger partial charge in [0, 0.05) is 10.9 Å². The van der Waals surface area contributed by atoms with Crippen molar-refractivity contribution in [2.24, 2.45) is 0 Å². The summed E-state index contributed by atoms with van der Waals surface area (Å²) in [5.41, 5.74) is 2.37. The second-order valence-corrected chi connectivity index (χ2v) is 6.01. The molecule has 0 spiro atoms. The van der Waals surface area contributed by atoms with Crippen LogP contribution >= 0.6 is 0 Å². The van der Waals surface area contributed by atoms with Gasteiger partial charge in [-0.15, -0.1) is 10.2 Å². The molecule has 7 heteroatoms. The monoisotopic (exact) mass is 362 g/mol. The Kier molecular flexibility index (Phi) is 4.33. The lowest BCUT2D eigenvalue weighted by atomic mass is 10.1. The van der Waals surface area contributed by atoms with Crippen molar-refractivity contribution in [1.29, 1.82) is 0 Å². The molecule has 0 bridgehead atoms. The Morgan fingerprint density at radius 3 is 2.74 bits per heavy atom. The number of benzene rings is 2. The summed E-state index contributed by atoms with van der Waals surface area (Å²) >= 11 is 0. The first kappa shape index (κ1) is 16.8. The standard InChI is InChI=1S/C20H15FN4O2/c1-12-16(10-14-9-15(21)7-8-17(14)23-12)19(26)22-11-18-24-25-20(27-18)13-5-3-2-4-6-13/h2-10H,11H2,1H3,(H,22,26). The summed E-state index contributed by atoms with van der Waals surface area (Å²) in [6.07, 6.45) is 0. The van der Waals surface area contributed by atoms with Crippen LogP contribution in [0.2, 0.25) is 0 Å². The lowest BCUT2D eigenvalue weighted by Crippen LogP contribution is -2.24. The predicted molar refractivity (Wildman–Crippen MR) is 97.3 cm³/mol. The largest absolute Gasteiger partial charge is 0.419 e. The number of nitrogens with zero attached hydrogens (tertiary/aromatic N) is 3. The Bertz CT molecular complexity index is 1130. The number of hydrogen-bond donors (Lipinski definition) is 1. The van der Waals surface area contributed by atoms with E-state index in [4.69, 9.17) is 4.42 Å². The molecular weight excluding hydrogens is 347 g/mol. The third kappa shape index (κ3) is 3.52. The van der Waals surface area contributed by atoms with E-state index in [1.165, 1.54) is 12.1 Å². The first-order chi connectivity index (χ1) is 13.1. The summed E-state index contributed by atoms with van der Waals surface area (Å²) < 4.78 is 19.0. The molecule has 2 heterocycles. The maximum absolute atomic E-state index is 13.4. The Morgan fingerprint density at radius 1 is 1.11 bits per heavy atom. The molecule has 1 N–H and O–H groups in total. The lowest BCUT2D eigenvalue weighted by Gasteiger charge is -2.07. The molecule has 0 saturated carbocycles. The molecule has 2 aromatic carbocycles. The first-order valence-corrected chi connectivity index (χ1v) is 8.33. The van der Waals surface area contributed by atoms with Crippen LogP contribution in [-0.2, 0) is 6.54 Å². The second kappa shape index (κ2) is 6.95. The number of aromatic nitrogens is 3. The van der Waals surface area contributed by atoms with Crippen molar-refractivity contribution in [2.45, 2.75) is 13.5 Å². The van der Waals surface area contributed by atoms with Gasteiger partial charge in [-0.05, 0) is 43.3 Å². The van der Waals surface area contributed by atoms with Crippen molar-refractivity contribution < 1.29 is 13.6 Å².